The molecule has 0 aromatic carbocycles. The molecule has 72 heavy (non-hydrogen) atoms. The minimum absolute atomic E-state index is 0.0164. The Kier molecular flexibility index (Phi) is 15.5. The van der Waals surface area contributed by atoms with E-state index in [2.05, 4.69) is 33.8 Å². The first-order valence-electron chi connectivity index (χ1n) is 26.7. The van der Waals surface area contributed by atoms with Gasteiger partial charge in [0.05, 0.1) is 44.2 Å². The average Bonchev–Trinajstić information content (AvgIpc) is 3.81. The normalized spacial score (nSPS) is 57.8. The van der Waals surface area contributed by atoms with Gasteiger partial charge in [-0.1, -0.05) is 39.3 Å². The maximum Gasteiger partial charge on any atom is 0.187 e. The summed E-state index contributed by atoms with van der Waals surface area (Å²) < 4.78 is 60.9. The van der Waals surface area contributed by atoms with Gasteiger partial charge in [0.25, 0.3) is 0 Å². The summed E-state index contributed by atoms with van der Waals surface area (Å²) in [5.41, 5.74) is 1.52. The Morgan fingerprint density at radius 1 is 0.583 bits per heavy atom. The van der Waals surface area contributed by atoms with Crippen LogP contribution in [0.5, 0.6) is 0 Å². The Hall–Kier alpha value is -1.10. The molecule has 10 rings (SSSR count). The zero-order chi connectivity index (χ0) is 51.5. The van der Waals surface area contributed by atoms with Gasteiger partial charge in [-0.05, 0) is 106 Å². The van der Waals surface area contributed by atoms with Crippen LogP contribution < -0.4 is 0 Å². The number of hydrogen-bond acceptors (Lipinski definition) is 21. The molecule has 21 heteroatoms. The second-order valence-corrected chi connectivity index (χ2v) is 23.9. The summed E-state index contributed by atoms with van der Waals surface area (Å²) in [5, 5.41) is 119. The summed E-state index contributed by atoms with van der Waals surface area (Å²) in [6, 6.07) is 0. The number of aliphatic hydroxyl groups excluding tert-OH is 11. The van der Waals surface area contributed by atoms with Crippen molar-refractivity contribution >= 4 is 0 Å². The van der Waals surface area contributed by atoms with E-state index >= 15 is 0 Å². The smallest absolute Gasteiger partial charge is 0.187 e. The zero-order valence-electron chi connectivity index (χ0n) is 42.2. The Morgan fingerprint density at radius 2 is 1.18 bits per heavy atom. The molecule has 0 aromatic heterocycles. The fourth-order valence-electron chi connectivity index (χ4n) is 15.5. The van der Waals surface area contributed by atoms with Crippen molar-refractivity contribution in [2.75, 3.05) is 19.8 Å². The van der Waals surface area contributed by atoms with Crippen LogP contribution in [0, 0.1) is 46.3 Å². The highest BCUT2D eigenvalue weighted by molar-refractivity contribution is 5.26. The highest BCUT2D eigenvalue weighted by Gasteiger charge is 2.69. The highest BCUT2D eigenvalue weighted by Crippen LogP contribution is 2.71. The molecule has 6 heterocycles. The van der Waals surface area contributed by atoms with Gasteiger partial charge in [-0.15, -0.1) is 0 Å². The summed E-state index contributed by atoms with van der Waals surface area (Å²) in [6.45, 7) is 11.9. The van der Waals surface area contributed by atoms with E-state index in [4.69, 9.17) is 47.4 Å². The molecule has 0 amide bonds. The van der Waals surface area contributed by atoms with Gasteiger partial charge in [0.15, 0.2) is 30.9 Å². The predicted molar refractivity (Wildman–Crippen MR) is 245 cm³/mol. The summed E-state index contributed by atoms with van der Waals surface area (Å²) in [6.07, 6.45) is -20.2. The molecule has 10 aliphatic rings. The molecule has 3 saturated carbocycles. The average molecular weight is 1030 g/mol. The fourth-order valence-corrected chi connectivity index (χ4v) is 15.5. The van der Waals surface area contributed by atoms with Crippen LogP contribution in [0.4, 0.5) is 0 Å². The van der Waals surface area contributed by atoms with Crippen LogP contribution in [0.1, 0.15) is 99.3 Å². The maximum atomic E-state index is 11.8. The van der Waals surface area contributed by atoms with E-state index in [1.807, 2.05) is 0 Å². The summed E-state index contributed by atoms with van der Waals surface area (Å²) in [7, 11) is 0. The van der Waals surface area contributed by atoms with Crippen LogP contribution in [0.2, 0.25) is 0 Å². The van der Waals surface area contributed by atoms with Crippen molar-refractivity contribution in [3.8, 4) is 0 Å². The third-order valence-electron chi connectivity index (χ3n) is 19.8. The second kappa shape index (κ2) is 20.6. The number of rotatable bonds is 10. The lowest BCUT2D eigenvalue weighted by Crippen LogP contribution is -2.66. The van der Waals surface area contributed by atoms with Crippen molar-refractivity contribution in [2.45, 2.75) is 240 Å². The largest absolute Gasteiger partial charge is 0.394 e. The molecule has 0 bridgehead atoms. The van der Waals surface area contributed by atoms with Crippen LogP contribution in [0.15, 0.2) is 11.6 Å². The molecule has 0 radical (unpaired) electrons. The molecular weight excluding hydrogens is 949 g/mol. The molecule has 6 saturated heterocycles. The van der Waals surface area contributed by atoms with Crippen LogP contribution in [0.3, 0.4) is 0 Å². The topological polar surface area (TPSA) is 315 Å². The van der Waals surface area contributed by atoms with Gasteiger partial charge >= 0.3 is 0 Å². The van der Waals surface area contributed by atoms with Crippen LogP contribution in [-0.2, 0) is 47.4 Å². The SMILES string of the molecule is CC1CCC2(OC1)OC1CC3C4CC=C5CC(OC6OC(CO)C(O)C(OC7OC(C)C(OC8OC(C)C(O)C(OC9OC(CO)C(O)C(O)C9O)C8O)C(O)C7O)C6O)CCC5(C)C4CCC3(C)C1C2C. The summed E-state index contributed by atoms with van der Waals surface area (Å²) in [5.74, 6) is 2.59. The first kappa shape index (κ1) is 54.3. The Balaban J connectivity index is 0.760. The predicted octanol–water partition coefficient (Wildman–Crippen LogP) is -0.934. The van der Waals surface area contributed by atoms with Crippen molar-refractivity contribution in [1.82, 2.24) is 0 Å². The van der Waals surface area contributed by atoms with Gasteiger partial charge in [-0.3, -0.25) is 0 Å². The minimum atomic E-state index is -1.87. The molecule has 9 fully saturated rings. The third-order valence-corrected chi connectivity index (χ3v) is 19.8. The zero-order valence-corrected chi connectivity index (χ0v) is 42.2. The minimum Gasteiger partial charge on any atom is -0.394 e. The van der Waals surface area contributed by atoms with Crippen molar-refractivity contribution in [3.05, 3.63) is 11.6 Å². The quantitative estimate of drug-likeness (QED) is 0.118. The second-order valence-electron chi connectivity index (χ2n) is 23.9. The summed E-state index contributed by atoms with van der Waals surface area (Å²) >= 11 is 0. The number of ether oxygens (including phenoxy) is 10. The van der Waals surface area contributed by atoms with Crippen LogP contribution in [0.25, 0.3) is 0 Å². The highest BCUT2D eigenvalue weighted by atomic mass is 16.8. The van der Waals surface area contributed by atoms with Crippen LogP contribution in [-0.4, -0.2) is 217 Å². The van der Waals surface area contributed by atoms with Crippen LogP contribution >= 0.6 is 0 Å². The molecule has 31 unspecified atom stereocenters. The lowest BCUT2D eigenvalue weighted by molar-refractivity contribution is -0.386. The summed E-state index contributed by atoms with van der Waals surface area (Å²) in [4.78, 5) is 0. The van der Waals surface area contributed by atoms with E-state index in [0.717, 1.165) is 51.6 Å². The number of aliphatic hydroxyl groups is 11. The van der Waals surface area contributed by atoms with Crippen molar-refractivity contribution < 1.29 is 104 Å². The molecule has 4 aliphatic carbocycles. The van der Waals surface area contributed by atoms with Gasteiger partial charge < -0.3 is 104 Å². The van der Waals surface area contributed by atoms with Crippen molar-refractivity contribution in [1.29, 1.82) is 0 Å². The van der Waals surface area contributed by atoms with Crippen molar-refractivity contribution in [2.24, 2.45) is 46.3 Å². The molecule has 31 atom stereocenters. The Morgan fingerprint density at radius 3 is 1.85 bits per heavy atom. The van der Waals surface area contributed by atoms with E-state index in [0.29, 0.717) is 48.3 Å². The maximum absolute atomic E-state index is 11.8. The van der Waals surface area contributed by atoms with Gasteiger partial charge in [0.1, 0.15) is 85.5 Å². The van der Waals surface area contributed by atoms with E-state index in [1.54, 1.807) is 0 Å². The van der Waals surface area contributed by atoms with Crippen molar-refractivity contribution in [3.63, 3.8) is 0 Å². The molecule has 21 nitrogen and oxygen atoms in total. The van der Waals surface area contributed by atoms with Gasteiger partial charge in [-0.2, -0.15) is 0 Å². The third kappa shape index (κ3) is 9.09. The number of allylic oxidation sites excluding steroid dienone is 1. The first-order chi connectivity index (χ1) is 34.1. The monoisotopic (exact) mass is 1030 g/mol. The van der Waals surface area contributed by atoms with Gasteiger partial charge in [0.2, 0.25) is 0 Å². The molecule has 6 aliphatic heterocycles. The lowest BCUT2D eigenvalue weighted by atomic mass is 9.47. The van der Waals surface area contributed by atoms with E-state index in [9.17, 15) is 56.2 Å². The van der Waals surface area contributed by atoms with E-state index < -0.39 is 142 Å². The van der Waals surface area contributed by atoms with E-state index in [1.165, 1.54) is 19.4 Å². The molecule has 1 spiro atoms. The van der Waals surface area contributed by atoms with E-state index in [-0.39, 0.29) is 23.0 Å². The Labute approximate surface area is 420 Å². The Bertz CT molecular complexity index is 1900. The lowest BCUT2D eigenvalue weighted by Gasteiger charge is -2.58. The first-order valence-corrected chi connectivity index (χ1v) is 26.7. The molecule has 11 N–H and O–H groups in total. The number of fused-ring (bicyclic) bond motifs is 7. The fraction of sp³-hybridized carbons (Fsp3) is 0.961. The number of hydrogen-bond donors (Lipinski definition) is 11. The van der Waals surface area contributed by atoms with Gasteiger partial charge in [0, 0.05) is 12.3 Å². The molecule has 412 valence electrons. The van der Waals surface area contributed by atoms with Gasteiger partial charge in [-0.25, -0.2) is 0 Å². The standard InChI is InChI=1S/C51H82O21/c1-20-9-14-51(63-19-20)21(2)32-29(72-51)16-28-26-8-7-24-15-25(10-12-49(24,5)27(26)11-13-50(28,32)6)66-48-41(62)44(35(56)31(18-53)68-48)71-45-39(60)37(58)42(23(4)65-45)69-47-40(61)43(33(54)22(3)64-47)70-46-38(59)36(57)34(55)30(17-52)67-46/h7,20-23,25-48,52-62H,8-19H2,1-6H3. The molecule has 0 aromatic rings. The molecular formula is C51H82O21.